The fourth-order valence-electron chi connectivity index (χ4n) is 17.1. The molecule has 0 spiro atoms. The smallest absolute Gasteiger partial charge is 0.126 e. The Balaban J connectivity index is 0.880. The minimum Gasteiger partial charge on any atom is -0.493 e. The van der Waals surface area contributed by atoms with Crippen LogP contribution in [0.15, 0.2) is 267 Å². The number of rotatable bonds is 32. The van der Waals surface area contributed by atoms with Crippen molar-refractivity contribution in [2.75, 3.05) is 52.9 Å². The zero-order chi connectivity index (χ0) is 82.5. The van der Waals surface area contributed by atoms with E-state index in [-0.39, 0.29) is 0 Å². The molecule has 0 N–H and O–H groups in total. The van der Waals surface area contributed by atoms with E-state index in [0.29, 0.717) is 104 Å². The summed E-state index contributed by atoms with van der Waals surface area (Å²) in [6.07, 6.45) is 11.7. The Kier molecular flexibility index (Phi) is 29.0. The summed E-state index contributed by atoms with van der Waals surface area (Å²) in [5, 5.41) is 7.77. The molecular formula is C110H116O8P2. The largest absolute Gasteiger partial charge is 0.493 e. The molecule has 13 aromatic rings. The molecule has 0 heterocycles. The maximum atomic E-state index is 7.18. The van der Waals surface area contributed by atoms with Gasteiger partial charge in [-0.1, -0.05) is 274 Å². The molecule has 0 atom stereocenters. The molecule has 2 aliphatic rings. The standard InChI is InChI=1S/C110H116O8P2/c1-9-53-111-103-79-33-29-37-83(103)65-93-73-101(119(97-41-21-17-22-42-97)98-43-23-18-24-44-98)74-94(109(93)117-59-15-7)66-84-38-30-34-80(104(84)112-54-10-2)62-90-70-87(69-89(61-79)107(90)115-57-13-5)77-49-51-78(52-50-77)88-71-91-63-81-35-31-39-85(105(81)113-55-11-3)67-95-75-102(120(99-45-25-19-26-46-99)100-47-27-20-28-48-100)76-96(110(95)118-60-16-8)68-86-40-32-36-82(106(86)114-56-12-4)64-92(72-88)108(91)116-58-14-6/h17-52,69-76H,9-16,53-68H2,1-8H3. The molecule has 0 saturated carbocycles. The van der Waals surface area contributed by atoms with E-state index in [0.717, 1.165) is 209 Å². The van der Waals surface area contributed by atoms with E-state index < -0.39 is 15.8 Å². The van der Waals surface area contributed by atoms with Crippen LogP contribution < -0.4 is 69.7 Å². The van der Waals surface area contributed by atoms with Crippen LogP contribution in [0.3, 0.4) is 0 Å². The molecule has 0 radical (unpaired) electrons. The van der Waals surface area contributed by atoms with Crippen LogP contribution in [0.25, 0.3) is 22.3 Å². The van der Waals surface area contributed by atoms with Gasteiger partial charge in [-0.05, 0) is 259 Å². The Labute approximate surface area is 716 Å². The minimum atomic E-state index is -0.971. The molecule has 120 heavy (non-hydrogen) atoms. The molecule has 0 aromatic heterocycles. The van der Waals surface area contributed by atoms with Gasteiger partial charge in [0.15, 0.2) is 0 Å². The van der Waals surface area contributed by atoms with Gasteiger partial charge < -0.3 is 37.9 Å². The predicted octanol–water partition coefficient (Wildman–Crippen LogP) is 24.2. The Morgan fingerprint density at radius 2 is 0.333 bits per heavy atom. The lowest BCUT2D eigenvalue weighted by molar-refractivity contribution is 0.304. The van der Waals surface area contributed by atoms with Gasteiger partial charge in [0.1, 0.15) is 46.0 Å². The number of ether oxygens (including phenoxy) is 8. The first-order chi connectivity index (χ1) is 59.2. The van der Waals surface area contributed by atoms with Gasteiger partial charge in [0, 0.05) is 51.4 Å². The molecule has 0 saturated heterocycles. The van der Waals surface area contributed by atoms with Gasteiger partial charge in [0.25, 0.3) is 0 Å². The van der Waals surface area contributed by atoms with Crippen molar-refractivity contribution >= 4 is 47.7 Å². The average molecular weight is 1630 g/mol. The van der Waals surface area contributed by atoms with Crippen LogP contribution >= 0.6 is 15.8 Å². The second kappa shape index (κ2) is 41.4. The summed E-state index contributed by atoms with van der Waals surface area (Å²) in [5.74, 6) is 7.42. The molecule has 0 amide bonds. The van der Waals surface area contributed by atoms with E-state index in [4.69, 9.17) is 37.9 Å². The maximum Gasteiger partial charge on any atom is 0.126 e. The van der Waals surface area contributed by atoms with Crippen molar-refractivity contribution in [3.05, 3.63) is 356 Å². The van der Waals surface area contributed by atoms with Crippen LogP contribution in [0.5, 0.6) is 46.0 Å². The molecule has 0 fully saturated rings. The number of hydrogen-bond donors (Lipinski definition) is 0. The van der Waals surface area contributed by atoms with Crippen molar-refractivity contribution in [3.63, 3.8) is 0 Å². The molecule has 8 nitrogen and oxygen atoms in total. The average Bonchev–Trinajstić information content (AvgIpc) is 0.771. The first-order valence-electron chi connectivity index (χ1n) is 44.2. The van der Waals surface area contributed by atoms with Gasteiger partial charge in [-0.15, -0.1) is 0 Å². The van der Waals surface area contributed by atoms with Gasteiger partial charge >= 0.3 is 0 Å². The van der Waals surface area contributed by atoms with Gasteiger partial charge in [0.2, 0.25) is 0 Å². The highest BCUT2D eigenvalue weighted by Crippen LogP contribution is 2.47. The fraction of sp³-hybridized carbons (Fsp3) is 0.291. The number of benzene rings is 13. The highest BCUT2D eigenvalue weighted by atomic mass is 31.1. The van der Waals surface area contributed by atoms with E-state index in [2.05, 4.69) is 322 Å². The number of fused-ring (bicyclic) bond motifs is 16. The Hall–Kier alpha value is -10.9. The first kappa shape index (κ1) is 84.2. The second-order valence-corrected chi connectivity index (χ2v) is 36.3. The lowest BCUT2D eigenvalue weighted by Gasteiger charge is -2.26. The monoisotopic (exact) mass is 1630 g/mol. The van der Waals surface area contributed by atoms with Crippen molar-refractivity contribution in [2.24, 2.45) is 0 Å². The molecule has 13 aromatic carbocycles. The first-order valence-corrected chi connectivity index (χ1v) is 46.8. The maximum absolute atomic E-state index is 7.18. The van der Waals surface area contributed by atoms with Crippen molar-refractivity contribution in [1.29, 1.82) is 0 Å². The van der Waals surface area contributed by atoms with E-state index in [1.807, 2.05) is 0 Å². The summed E-state index contributed by atoms with van der Waals surface area (Å²) in [6, 6.07) is 100. The Morgan fingerprint density at radius 3 is 0.508 bits per heavy atom. The molecule has 15 rings (SSSR count). The van der Waals surface area contributed by atoms with E-state index >= 15 is 0 Å². The lowest BCUT2D eigenvalue weighted by Crippen LogP contribution is -2.22. The summed E-state index contributed by atoms with van der Waals surface area (Å²) in [5.41, 5.74) is 22.4. The SMILES string of the molecule is CCCOc1c2cccc1Cc1cc(P(c3ccccc3)c3ccccc3)cc(c1OCCC)Cc1cccc(c1OCCC)Cc1cc(-c3ccc(-c4cc5c(OCCC)c(c4)Cc4cccc(c4OCCC)Cc4cc(P(c6ccccc6)c6ccccc6)cc(c4OCCC)Cc4cccc(c4OCCC)C5)cc3)cc(c1OCCC)C2. The van der Waals surface area contributed by atoms with Crippen LogP contribution in [0.4, 0.5) is 0 Å². The quantitative estimate of drug-likeness (QED) is 0.0386. The van der Waals surface area contributed by atoms with Crippen molar-refractivity contribution in [1.82, 2.24) is 0 Å². The lowest BCUT2D eigenvalue weighted by atomic mass is 9.88. The third kappa shape index (κ3) is 19.8. The summed E-state index contributed by atoms with van der Waals surface area (Å²) < 4.78 is 57.2. The van der Waals surface area contributed by atoms with Crippen LogP contribution in [0, 0.1) is 0 Å². The van der Waals surface area contributed by atoms with E-state index in [9.17, 15) is 0 Å². The van der Waals surface area contributed by atoms with Crippen molar-refractivity contribution in [2.45, 2.75) is 158 Å². The third-order valence-corrected chi connectivity index (χ3v) is 27.2. The predicted molar refractivity (Wildman–Crippen MR) is 502 cm³/mol. The zero-order valence-electron chi connectivity index (χ0n) is 71.5. The Morgan fingerprint density at radius 1 is 0.167 bits per heavy atom. The molecule has 614 valence electrons. The normalized spacial score (nSPS) is 12.4. The highest BCUT2D eigenvalue weighted by Gasteiger charge is 2.30. The van der Waals surface area contributed by atoms with Gasteiger partial charge in [0.05, 0.1) is 52.9 Å². The van der Waals surface area contributed by atoms with E-state index in [1.54, 1.807) is 0 Å². The summed E-state index contributed by atoms with van der Waals surface area (Å²) in [4.78, 5) is 0. The van der Waals surface area contributed by atoms with Crippen LogP contribution in [-0.4, -0.2) is 52.9 Å². The van der Waals surface area contributed by atoms with Gasteiger partial charge in [-0.2, -0.15) is 0 Å². The van der Waals surface area contributed by atoms with Crippen molar-refractivity contribution in [3.8, 4) is 68.2 Å². The highest BCUT2D eigenvalue weighted by molar-refractivity contribution is 7.80. The number of para-hydroxylation sites is 4. The van der Waals surface area contributed by atoms with Crippen LogP contribution in [-0.2, 0) is 51.4 Å². The van der Waals surface area contributed by atoms with E-state index in [1.165, 1.54) is 31.8 Å². The van der Waals surface area contributed by atoms with Gasteiger partial charge in [-0.25, -0.2) is 0 Å². The molecular weight excluding hydrogens is 1510 g/mol. The fourth-order valence-corrected chi connectivity index (χ4v) is 21.9. The zero-order valence-corrected chi connectivity index (χ0v) is 73.3. The molecule has 16 bridgehead atoms. The summed E-state index contributed by atoms with van der Waals surface area (Å²) in [7, 11) is -1.94. The topological polar surface area (TPSA) is 73.8 Å². The van der Waals surface area contributed by atoms with Crippen LogP contribution in [0.2, 0.25) is 0 Å². The second-order valence-electron chi connectivity index (χ2n) is 31.8. The Bertz CT molecular complexity index is 4940. The van der Waals surface area contributed by atoms with Crippen LogP contribution in [0.1, 0.15) is 196 Å². The number of hydrogen-bond acceptors (Lipinski definition) is 8. The molecule has 0 unspecified atom stereocenters. The molecule has 10 heteroatoms. The summed E-state index contributed by atoms with van der Waals surface area (Å²) in [6.45, 7) is 22.2. The summed E-state index contributed by atoms with van der Waals surface area (Å²) >= 11 is 0. The third-order valence-electron chi connectivity index (χ3n) is 22.4. The molecule has 0 aliphatic heterocycles. The molecule has 2 aliphatic carbocycles. The van der Waals surface area contributed by atoms with Crippen molar-refractivity contribution < 1.29 is 37.9 Å². The van der Waals surface area contributed by atoms with Gasteiger partial charge in [-0.3, -0.25) is 0 Å². The minimum absolute atomic E-state index is 0.568.